The molecule has 0 bridgehead atoms. The molecule has 33 heavy (non-hydrogen) atoms. The summed E-state index contributed by atoms with van der Waals surface area (Å²) in [6, 6.07) is 15.9. The summed E-state index contributed by atoms with van der Waals surface area (Å²) in [5.74, 6) is 2.40. The van der Waals surface area contributed by atoms with Crippen molar-refractivity contribution in [3.05, 3.63) is 76.7 Å². The van der Waals surface area contributed by atoms with Gasteiger partial charge >= 0.3 is 6.03 Å². The smallest absolute Gasteiger partial charge is 0.322 e. The van der Waals surface area contributed by atoms with Crippen LogP contribution in [0.25, 0.3) is 0 Å². The number of amides is 2. The lowest BCUT2D eigenvalue weighted by Crippen LogP contribution is -2.50. The van der Waals surface area contributed by atoms with Gasteiger partial charge in [-0.05, 0) is 38.5 Å². The number of aryl methyl sites for hydroxylation is 3. The number of hydrogen-bond donors (Lipinski definition) is 1. The number of carbonyl (C=O) groups excluding carboxylic acids is 1. The second kappa shape index (κ2) is 9.90. The molecule has 4 rings (SSSR count). The van der Waals surface area contributed by atoms with Gasteiger partial charge in [0.2, 0.25) is 0 Å². The number of rotatable bonds is 5. The van der Waals surface area contributed by atoms with E-state index in [1.54, 1.807) is 7.11 Å². The lowest BCUT2D eigenvalue weighted by atomic mass is 10.0. The molecular formula is C26H31N5O2. The van der Waals surface area contributed by atoms with Crippen LogP contribution in [0, 0.1) is 20.8 Å². The van der Waals surface area contributed by atoms with Crippen LogP contribution in [0.3, 0.4) is 0 Å². The summed E-state index contributed by atoms with van der Waals surface area (Å²) >= 11 is 0. The third-order valence-electron chi connectivity index (χ3n) is 5.98. The molecule has 1 fully saturated rings. The van der Waals surface area contributed by atoms with E-state index < -0.39 is 0 Å². The number of piperazine rings is 1. The highest BCUT2D eigenvalue weighted by molar-refractivity contribution is 5.91. The van der Waals surface area contributed by atoms with Gasteiger partial charge in [-0.3, -0.25) is 0 Å². The van der Waals surface area contributed by atoms with E-state index in [1.165, 1.54) is 11.1 Å². The van der Waals surface area contributed by atoms with Gasteiger partial charge in [0.15, 0.2) is 0 Å². The highest BCUT2D eigenvalue weighted by Crippen LogP contribution is 2.26. The van der Waals surface area contributed by atoms with Crippen molar-refractivity contribution in [2.75, 3.05) is 43.5 Å². The van der Waals surface area contributed by atoms with Gasteiger partial charge in [0, 0.05) is 43.9 Å². The Morgan fingerprint density at radius 3 is 2.48 bits per heavy atom. The van der Waals surface area contributed by atoms with Crippen molar-refractivity contribution in [2.45, 2.75) is 27.2 Å². The molecule has 7 heteroatoms. The summed E-state index contributed by atoms with van der Waals surface area (Å²) in [5, 5.41) is 2.97. The molecule has 1 aliphatic rings. The highest BCUT2D eigenvalue weighted by atomic mass is 16.5. The molecule has 2 heterocycles. The number of ether oxygens (including phenoxy) is 1. The molecule has 2 aromatic carbocycles. The summed E-state index contributed by atoms with van der Waals surface area (Å²) in [7, 11) is 1.60. The van der Waals surface area contributed by atoms with Gasteiger partial charge in [-0.2, -0.15) is 0 Å². The van der Waals surface area contributed by atoms with Crippen molar-refractivity contribution in [3.63, 3.8) is 0 Å². The van der Waals surface area contributed by atoms with Crippen LogP contribution in [0.5, 0.6) is 5.75 Å². The molecule has 0 radical (unpaired) electrons. The predicted molar refractivity (Wildman–Crippen MR) is 131 cm³/mol. The molecule has 0 unspecified atom stereocenters. The van der Waals surface area contributed by atoms with Gasteiger partial charge in [0.25, 0.3) is 0 Å². The highest BCUT2D eigenvalue weighted by Gasteiger charge is 2.25. The molecule has 2 amide bonds. The Morgan fingerprint density at radius 1 is 1.00 bits per heavy atom. The first-order valence-electron chi connectivity index (χ1n) is 11.3. The summed E-state index contributed by atoms with van der Waals surface area (Å²) in [5.41, 5.74) is 5.33. The minimum Gasteiger partial charge on any atom is -0.495 e. The van der Waals surface area contributed by atoms with Gasteiger partial charge < -0.3 is 19.9 Å². The van der Waals surface area contributed by atoms with Crippen LogP contribution < -0.4 is 15.0 Å². The summed E-state index contributed by atoms with van der Waals surface area (Å²) in [4.78, 5) is 26.4. The predicted octanol–water partition coefficient (Wildman–Crippen LogP) is 4.36. The van der Waals surface area contributed by atoms with Crippen molar-refractivity contribution in [2.24, 2.45) is 0 Å². The molecular weight excluding hydrogens is 414 g/mol. The Morgan fingerprint density at radius 2 is 1.76 bits per heavy atom. The first-order chi connectivity index (χ1) is 15.9. The van der Waals surface area contributed by atoms with E-state index in [0.29, 0.717) is 24.5 Å². The van der Waals surface area contributed by atoms with Gasteiger partial charge in [-0.15, -0.1) is 0 Å². The Labute approximate surface area is 195 Å². The van der Waals surface area contributed by atoms with Gasteiger partial charge in [-0.1, -0.05) is 42.0 Å². The van der Waals surface area contributed by atoms with Crippen molar-refractivity contribution < 1.29 is 9.53 Å². The summed E-state index contributed by atoms with van der Waals surface area (Å²) in [6.07, 6.45) is 0.789. The maximum atomic E-state index is 12.8. The van der Waals surface area contributed by atoms with Crippen molar-refractivity contribution in [3.8, 4) is 5.75 Å². The Bertz CT molecular complexity index is 1140. The third kappa shape index (κ3) is 5.25. The molecule has 3 aromatic rings. The van der Waals surface area contributed by atoms with Crippen molar-refractivity contribution in [1.82, 2.24) is 14.9 Å². The number of methoxy groups -OCH3 is 1. The summed E-state index contributed by atoms with van der Waals surface area (Å²) < 4.78 is 5.34. The van der Waals surface area contributed by atoms with Crippen molar-refractivity contribution >= 4 is 17.5 Å². The molecule has 0 saturated carbocycles. The molecule has 0 atom stereocenters. The first kappa shape index (κ1) is 22.6. The number of nitrogens with one attached hydrogen (secondary N) is 1. The molecule has 1 aromatic heterocycles. The zero-order valence-electron chi connectivity index (χ0n) is 19.8. The molecule has 7 nitrogen and oxygen atoms in total. The van der Waals surface area contributed by atoms with Crippen molar-refractivity contribution in [1.29, 1.82) is 0 Å². The number of urea groups is 1. The number of nitrogens with zero attached hydrogens (tertiary/aromatic N) is 4. The Kier molecular flexibility index (Phi) is 6.77. The maximum Gasteiger partial charge on any atom is 0.322 e. The van der Waals surface area contributed by atoms with E-state index >= 15 is 0 Å². The van der Waals surface area contributed by atoms with E-state index in [-0.39, 0.29) is 6.03 Å². The van der Waals surface area contributed by atoms with Crippen LogP contribution in [-0.4, -0.2) is 54.2 Å². The fourth-order valence-electron chi connectivity index (χ4n) is 4.28. The standard InChI is InChI=1S/C26H31N5O2/c1-18-8-7-9-21(16-18)17-22-19(2)27-20(3)28-25(22)30-12-14-31(15-13-30)26(32)29-23-10-5-6-11-24(23)33-4/h5-11,16H,12-15,17H2,1-4H3,(H,29,32). The van der Waals surface area contributed by atoms with Crippen LogP contribution >= 0.6 is 0 Å². The maximum absolute atomic E-state index is 12.8. The first-order valence-corrected chi connectivity index (χ1v) is 11.3. The largest absolute Gasteiger partial charge is 0.495 e. The molecule has 1 aliphatic heterocycles. The number of para-hydroxylation sites is 2. The SMILES string of the molecule is COc1ccccc1NC(=O)N1CCN(c2nc(C)nc(C)c2Cc2cccc(C)c2)CC1. The molecule has 1 N–H and O–H groups in total. The molecule has 172 valence electrons. The number of carbonyl (C=O) groups is 1. The van der Waals surface area contributed by atoms with Crippen LogP contribution in [0.2, 0.25) is 0 Å². The van der Waals surface area contributed by atoms with Gasteiger partial charge in [0.05, 0.1) is 12.8 Å². The van der Waals surface area contributed by atoms with E-state index in [2.05, 4.69) is 53.3 Å². The van der Waals surface area contributed by atoms with E-state index in [1.807, 2.05) is 36.1 Å². The third-order valence-corrected chi connectivity index (χ3v) is 5.98. The Hall–Kier alpha value is -3.61. The summed E-state index contributed by atoms with van der Waals surface area (Å²) in [6.45, 7) is 8.77. The van der Waals surface area contributed by atoms with Gasteiger partial charge in [0.1, 0.15) is 17.4 Å². The zero-order chi connectivity index (χ0) is 23.4. The minimum atomic E-state index is -0.116. The van der Waals surface area contributed by atoms with Crippen LogP contribution in [0.15, 0.2) is 48.5 Å². The Balaban J connectivity index is 1.47. The second-order valence-electron chi connectivity index (χ2n) is 8.43. The number of benzene rings is 2. The monoisotopic (exact) mass is 445 g/mol. The average molecular weight is 446 g/mol. The van der Waals surface area contributed by atoms with E-state index in [4.69, 9.17) is 9.72 Å². The fourth-order valence-corrected chi connectivity index (χ4v) is 4.28. The number of aromatic nitrogens is 2. The topological polar surface area (TPSA) is 70.6 Å². The number of anilines is 2. The van der Waals surface area contributed by atoms with Crippen LogP contribution in [0.1, 0.15) is 28.2 Å². The van der Waals surface area contributed by atoms with Crippen LogP contribution in [-0.2, 0) is 6.42 Å². The van der Waals surface area contributed by atoms with E-state index in [0.717, 1.165) is 42.4 Å². The zero-order valence-corrected chi connectivity index (χ0v) is 19.8. The molecule has 1 saturated heterocycles. The molecule has 0 spiro atoms. The average Bonchev–Trinajstić information content (AvgIpc) is 2.81. The normalized spacial score (nSPS) is 13.7. The lowest BCUT2D eigenvalue weighted by molar-refractivity contribution is 0.208. The molecule has 0 aliphatic carbocycles. The second-order valence-corrected chi connectivity index (χ2v) is 8.43. The van der Waals surface area contributed by atoms with E-state index in [9.17, 15) is 4.79 Å². The quantitative estimate of drug-likeness (QED) is 0.632. The fraction of sp³-hybridized carbons (Fsp3) is 0.346. The van der Waals surface area contributed by atoms with Gasteiger partial charge in [-0.25, -0.2) is 14.8 Å². The minimum absolute atomic E-state index is 0.116. The number of hydrogen-bond acceptors (Lipinski definition) is 5. The van der Waals surface area contributed by atoms with Crippen LogP contribution in [0.4, 0.5) is 16.3 Å². The lowest BCUT2D eigenvalue weighted by Gasteiger charge is -2.36.